The number of amides is 2. The summed E-state index contributed by atoms with van der Waals surface area (Å²) in [6.45, 7) is 4.19. The van der Waals surface area contributed by atoms with Crippen molar-refractivity contribution in [3.05, 3.63) is 56.7 Å². The quantitative estimate of drug-likeness (QED) is 0.446. The van der Waals surface area contributed by atoms with Crippen LogP contribution in [-0.2, 0) is 9.59 Å². The molecule has 0 N–H and O–H groups in total. The number of halogens is 1. The number of rotatable bonds is 3. The van der Waals surface area contributed by atoms with E-state index in [2.05, 4.69) is 0 Å². The Bertz CT molecular complexity index is 887. The van der Waals surface area contributed by atoms with Gasteiger partial charge in [-0.1, -0.05) is 11.6 Å². The van der Waals surface area contributed by atoms with E-state index in [1.165, 1.54) is 21.1 Å². The molecular weight excluding hydrogens is 376 g/mol. The molecule has 0 saturated carbocycles. The predicted molar refractivity (Wildman–Crippen MR) is 106 cm³/mol. The maximum absolute atomic E-state index is 13.0. The molecule has 128 valence electrons. The monoisotopic (exact) mass is 390 g/mol. The molecule has 3 rings (SSSR count). The molecule has 1 aromatic heterocycles. The number of hydrogen-bond acceptors (Lipinski definition) is 4. The van der Waals surface area contributed by atoms with Gasteiger partial charge in [0.1, 0.15) is 5.57 Å². The van der Waals surface area contributed by atoms with Gasteiger partial charge in [-0.05, 0) is 68.5 Å². The molecule has 1 fully saturated rings. The van der Waals surface area contributed by atoms with Gasteiger partial charge < -0.3 is 0 Å². The van der Waals surface area contributed by atoms with Gasteiger partial charge in [-0.2, -0.15) is 0 Å². The molecule has 2 heterocycles. The van der Waals surface area contributed by atoms with Gasteiger partial charge in [-0.3, -0.25) is 19.4 Å². The van der Waals surface area contributed by atoms with E-state index in [0.29, 0.717) is 17.3 Å². The van der Waals surface area contributed by atoms with Gasteiger partial charge >= 0.3 is 0 Å². The van der Waals surface area contributed by atoms with Crippen LogP contribution in [0.2, 0.25) is 5.02 Å². The van der Waals surface area contributed by atoms with Crippen molar-refractivity contribution in [1.82, 2.24) is 4.90 Å². The lowest BCUT2D eigenvalue weighted by atomic mass is 10.1. The molecule has 0 atom stereocenters. The lowest BCUT2D eigenvalue weighted by Gasteiger charge is -2.36. The van der Waals surface area contributed by atoms with Gasteiger partial charge in [0.25, 0.3) is 11.8 Å². The van der Waals surface area contributed by atoms with Crippen molar-refractivity contribution in [2.75, 3.05) is 11.4 Å². The Hall–Kier alpha value is -2.02. The van der Waals surface area contributed by atoms with Crippen molar-refractivity contribution >= 4 is 63.8 Å². The molecule has 4 nitrogen and oxygen atoms in total. The lowest BCUT2D eigenvalue weighted by Crippen LogP contribution is -2.56. The highest BCUT2D eigenvalue weighted by molar-refractivity contribution is 7.80. The summed E-state index contributed by atoms with van der Waals surface area (Å²) in [6.07, 6.45) is 1.63. The van der Waals surface area contributed by atoms with Gasteiger partial charge in [0.2, 0.25) is 0 Å². The zero-order valence-corrected chi connectivity index (χ0v) is 16.0. The number of carbonyl (C=O) groups is 2. The number of anilines is 1. The topological polar surface area (TPSA) is 40.6 Å². The average molecular weight is 391 g/mol. The summed E-state index contributed by atoms with van der Waals surface area (Å²) in [4.78, 5) is 30.5. The normalized spacial score (nSPS) is 16.9. The summed E-state index contributed by atoms with van der Waals surface area (Å²) in [7, 11) is 0. The Balaban J connectivity index is 2.08. The largest absolute Gasteiger partial charge is 0.285 e. The van der Waals surface area contributed by atoms with Gasteiger partial charge in [0.05, 0.1) is 5.69 Å². The average Bonchev–Trinajstić information content (AvgIpc) is 2.99. The molecule has 0 aliphatic carbocycles. The van der Waals surface area contributed by atoms with Crippen molar-refractivity contribution in [1.29, 1.82) is 0 Å². The molecule has 1 aliphatic heterocycles. The van der Waals surface area contributed by atoms with Crippen LogP contribution in [0.1, 0.15) is 16.7 Å². The van der Waals surface area contributed by atoms with E-state index in [1.807, 2.05) is 26.0 Å². The summed E-state index contributed by atoms with van der Waals surface area (Å²) in [5, 5.41) is 0.742. The van der Waals surface area contributed by atoms with Crippen molar-refractivity contribution in [2.24, 2.45) is 0 Å². The highest BCUT2D eigenvalue weighted by atomic mass is 35.5. The smallest absolute Gasteiger partial charge is 0.270 e. The molecule has 1 aromatic carbocycles. The molecule has 0 radical (unpaired) electrons. The van der Waals surface area contributed by atoms with Crippen molar-refractivity contribution in [3.8, 4) is 0 Å². The fraction of sp³-hybridized carbons (Fsp3) is 0.167. The van der Waals surface area contributed by atoms with E-state index in [1.54, 1.807) is 30.3 Å². The van der Waals surface area contributed by atoms with E-state index in [-0.39, 0.29) is 16.6 Å². The SMILES string of the molecule is CCN1C(=O)C(=Cc2ccc(C)s2)C(=O)N(c2ccc(Cl)cc2)C1=S. The van der Waals surface area contributed by atoms with Gasteiger partial charge in [0.15, 0.2) is 5.11 Å². The zero-order chi connectivity index (χ0) is 18.1. The predicted octanol–water partition coefficient (Wildman–Crippen LogP) is 4.27. The third-order valence-corrected chi connectivity index (χ3v) is 5.38. The van der Waals surface area contributed by atoms with Crippen molar-refractivity contribution in [3.63, 3.8) is 0 Å². The van der Waals surface area contributed by atoms with Crippen LogP contribution in [0.5, 0.6) is 0 Å². The van der Waals surface area contributed by atoms with E-state index in [9.17, 15) is 9.59 Å². The highest BCUT2D eigenvalue weighted by Crippen LogP contribution is 2.28. The minimum absolute atomic E-state index is 0.104. The van der Waals surface area contributed by atoms with Gasteiger partial charge in [-0.15, -0.1) is 11.3 Å². The second-order valence-electron chi connectivity index (χ2n) is 5.46. The van der Waals surface area contributed by atoms with Crippen LogP contribution in [0.3, 0.4) is 0 Å². The fourth-order valence-corrected chi connectivity index (χ4v) is 3.89. The van der Waals surface area contributed by atoms with Gasteiger partial charge in [-0.25, -0.2) is 0 Å². The molecule has 7 heteroatoms. The Morgan fingerprint density at radius 1 is 1.12 bits per heavy atom. The van der Waals surface area contributed by atoms with Crippen LogP contribution in [0.4, 0.5) is 5.69 Å². The standard InChI is InChI=1S/C18H15ClN2O2S2/c1-3-20-16(22)15(10-14-9-4-11(2)25-14)17(23)21(18(20)24)13-7-5-12(19)6-8-13/h4-10H,3H2,1-2H3. The number of likely N-dealkylation sites (N-methyl/N-ethyl adjacent to an activating group) is 1. The van der Waals surface area contributed by atoms with E-state index in [4.69, 9.17) is 23.8 Å². The molecule has 0 spiro atoms. The van der Waals surface area contributed by atoms with E-state index in [0.717, 1.165) is 9.75 Å². The maximum Gasteiger partial charge on any atom is 0.270 e. The molecular formula is C18H15ClN2O2S2. The number of aryl methyl sites for hydroxylation is 1. The first-order valence-electron chi connectivity index (χ1n) is 7.66. The summed E-state index contributed by atoms with van der Waals surface area (Å²) in [6, 6.07) is 10.6. The molecule has 2 aromatic rings. The number of benzene rings is 1. The second-order valence-corrected chi connectivity index (χ2v) is 7.58. The lowest BCUT2D eigenvalue weighted by molar-refractivity contribution is -0.127. The van der Waals surface area contributed by atoms with Crippen LogP contribution in [-0.4, -0.2) is 28.4 Å². The maximum atomic E-state index is 13.0. The number of thiocarbonyl (C=S) groups is 1. The Morgan fingerprint density at radius 2 is 1.80 bits per heavy atom. The molecule has 1 saturated heterocycles. The first-order valence-corrected chi connectivity index (χ1v) is 9.26. The number of nitrogens with zero attached hydrogens (tertiary/aromatic N) is 2. The van der Waals surface area contributed by atoms with Crippen LogP contribution < -0.4 is 4.90 Å². The van der Waals surface area contributed by atoms with E-state index < -0.39 is 5.91 Å². The molecule has 0 bridgehead atoms. The fourth-order valence-electron chi connectivity index (χ4n) is 2.55. The van der Waals surface area contributed by atoms with Crippen LogP contribution in [0.25, 0.3) is 6.08 Å². The first-order chi connectivity index (χ1) is 11.9. The number of hydrogen-bond donors (Lipinski definition) is 0. The highest BCUT2D eigenvalue weighted by Gasteiger charge is 2.39. The Kier molecular flexibility index (Phi) is 5.03. The number of carbonyl (C=O) groups excluding carboxylic acids is 2. The summed E-state index contributed by atoms with van der Waals surface area (Å²) in [5.41, 5.74) is 0.686. The van der Waals surface area contributed by atoms with Crippen LogP contribution in [0.15, 0.2) is 42.0 Å². The van der Waals surface area contributed by atoms with Crippen molar-refractivity contribution in [2.45, 2.75) is 13.8 Å². The summed E-state index contributed by atoms with van der Waals surface area (Å²) >= 11 is 12.8. The molecule has 2 amide bonds. The van der Waals surface area contributed by atoms with Crippen LogP contribution in [0, 0.1) is 6.92 Å². The molecule has 0 unspecified atom stereocenters. The van der Waals surface area contributed by atoms with Crippen molar-refractivity contribution < 1.29 is 9.59 Å². The first kappa shape index (κ1) is 17.8. The Morgan fingerprint density at radius 3 is 2.36 bits per heavy atom. The molecule has 1 aliphatic rings. The molecule has 25 heavy (non-hydrogen) atoms. The van der Waals surface area contributed by atoms with Crippen LogP contribution >= 0.6 is 35.2 Å². The van der Waals surface area contributed by atoms with E-state index >= 15 is 0 Å². The van der Waals surface area contributed by atoms with Gasteiger partial charge in [0, 0.05) is 21.3 Å². The summed E-state index contributed by atoms with van der Waals surface area (Å²) < 4.78 is 0. The third-order valence-electron chi connectivity index (χ3n) is 3.78. The summed E-state index contributed by atoms with van der Waals surface area (Å²) in [5.74, 6) is -0.790. The minimum atomic E-state index is -0.423. The zero-order valence-electron chi connectivity index (χ0n) is 13.7. The third kappa shape index (κ3) is 3.38. The Labute approximate surface area is 160 Å². The minimum Gasteiger partial charge on any atom is -0.285 e. The number of thiophene rings is 1. The second kappa shape index (κ2) is 7.07.